The Kier molecular flexibility index (Phi) is 11.8. The summed E-state index contributed by atoms with van der Waals surface area (Å²) in [5.41, 5.74) is -0.0479. The summed E-state index contributed by atoms with van der Waals surface area (Å²) in [7, 11) is 1.16. The zero-order valence-electron chi connectivity index (χ0n) is 26.7. The summed E-state index contributed by atoms with van der Waals surface area (Å²) in [4.78, 5) is 65.6. The topological polar surface area (TPSA) is 169 Å². The first-order valence-corrected chi connectivity index (χ1v) is 15.5. The van der Waals surface area contributed by atoms with Crippen LogP contribution in [0.25, 0.3) is 10.8 Å². The molecule has 1 aliphatic rings. The van der Waals surface area contributed by atoms with Crippen LogP contribution in [-0.2, 0) is 36.5 Å². The molecule has 1 fully saturated rings. The fourth-order valence-corrected chi connectivity index (χ4v) is 5.60. The lowest BCUT2D eigenvalue weighted by Gasteiger charge is -2.28. The van der Waals surface area contributed by atoms with Gasteiger partial charge >= 0.3 is 12.1 Å². The minimum Gasteiger partial charge on any atom is -0.467 e. The van der Waals surface area contributed by atoms with Gasteiger partial charge in [0.15, 0.2) is 5.69 Å². The number of piperidine rings is 1. The number of rotatable bonds is 13. The van der Waals surface area contributed by atoms with Crippen LogP contribution in [0.15, 0.2) is 53.1 Å². The summed E-state index contributed by atoms with van der Waals surface area (Å²) in [6.07, 6.45) is -3.63. The van der Waals surface area contributed by atoms with Gasteiger partial charge in [0.25, 0.3) is 5.91 Å². The highest BCUT2D eigenvalue weighted by Crippen LogP contribution is 2.29. The van der Waals surface area contributed by atoms with Gasteiger partial charge in [-0.2, -0.15) is 13.2 Å². The largest absolute Gasteiger partial charge is 0.467 e. The van der Waals surface area contributed by atoms with E-state index in [1.54, 1.807) is 18.2 Å². The number of esters is 1. The van der Waals surface area contributed by atoms with Crippen molar-refractivity contribution in [3.05, 3.63) is 65.5 Å². The van der Waals surface area contributed by atoms with Crippen LogP contribution in [0, 0.1) is 11.8 Å². The van der Waals surface area contributed by atoms with Crippen LogP contribution in [-0.4, -0.2) is 66.5 Å². The number of methoxy groups -OCH3 is 1. The van der Waals surface area contributed by atoms with E-state index in [2.05, 4.69) is 30.9 Å². The normalized spacial score (nSPS) is 16.8. The van der Waals surface area contributed by atoms with Crippen LogP contribution in [0.4, 0.5) is 13.2 Å². The maximum atomic E-state index is 13.9. The van der Waals surface area contributed by atoms with Gasteiger partial charge in [-0.3, -0.25) is 19.2 Å². The first kappa shape index (κ1) is 35.9. The van der Waals surface area contributed by atoms with Gasteiger partial charge in [0.05, 0.1) is 7.11 Å². The first-order chi connectivity index (χ1) is 22.8. The number of alkyl halides is 3. The summed E-state index contributed by atoms with van der Waals surface area (Å²) in [6.45, 7) is 4.15. The minimum absolute atomic E-state index is 0.00995. The molecule has 2 aromatic carbocycles. The summed E-state index contributed by atoms with van der Waals surface area (Å²) < 4.78 is 48.5. The van der Waals surface area contributed by atoms with Crippen molar-refractivity contribution < 1.29 is 46.4 Å². The van der Waals surface area contributed by atoms with Gasteiger partial charge in [-0.1, -0.05) is 61.5 Å². The Balaban J connectivity index is 1.59. The van der Waals surface area contributed by atoms with Gasteiger partial charge < -0.3 is 30.5 Å². The second-order valence-corrected chi connectivity index (χ2v) is 12.1. The predicted molar refractivity (Wildman–Crippen MR) is 166 cm³/mol. The van der Waals surface area contributed by atoms with Crippen molar-refractivity contribution in [1.29, 1.82) is 0 Å². The fraction of sp³-hybridized carbons (Fsp3) is 0.455. The van der Waals surface area contributed by atoms with E-state index >= 15 is 0 Å². The standard InChI is InChI=1S/C33H38F3N5O7/c1-18(2)14-23(29(43)40-26(32(46)47-3)16-21-11-7-13-37-28(21)42)38-30(44)24(15-20-10-6-9-19-8-4-5-12-22(19)20)39-31(45)25-17-27(48-41-25)33(34,35)36/h4-6,8-10,12,17-18,21,23-24,26H,7,11,13-16H2,1-3H3,(H,37,42)(H,38,44)(H,39,45)(H,40,43)/t21-,23-,24-,26-/m0/s1. The highest BCUT2D eigenvalue weighted by molar-refractivity contribution is 5.98. The molecule has 4 atom stereocenters. The number of aromatic nitrogens is 1. The van der Waals surface area contributed by atoms with Gasteiger partial charge in [0.2, 0.25) is 23.5 Å². The Bertz CT molecular complexity index is 1640. The summed E-state index contributed by atoms with van der Waals surface area (Å²) in [6, 6.07) is 9.35. The Hall–Kier alpha value is -4.95. The molecule has 0 spiro atoms. The zero-order chi connectivity index (χ0) is 35.0. The van der Waals surface area contributed by atoms with E-state index in [0.29, 0.717) is 31.0 Å². The SMILES string of the molecule is COC(=O)[C@H](C[C@@H]1CCCNC1=O)NC(=O)[C@H](CC(C)C)NC(=O)[C@H](Cc1cccc2ccccc12)NC(=O)c1cc(C(F)(F)F)on1. The van der Waals surface area contributed by atoms with E-state index < -0.39 is 65.4 Å². The molecule has 2 heterocycles. The average Bonchev–Trinajstić information content (AvgIpc) is 3.56. The molecule has 1 saturated heterocycles. The van der Waals surface area contributed by atoms with E-state index in [1.807, 2.05) is 38.1 Å². The van der Waals surface area contributed by atoms with Crippen molar-refractivity contribution in [2.45, 2.75) is 70.3 Å². The number of amides is 4. The Morgan fingerprint density at radius 3 is 2.35 bits per heavy atom. The summed E-state index contributed by atoms with van der Waals surface area (Å²) in [5, 5.41) is 15.3. The molecule has 258 valence electrons. The third kappa shape index (κ3) is 9.32. The lowest BCUT2D eigenvalue weighted by molar-refractivity contribution is -0.155. The molecule has 0 radical (unpaired) electrons. The number of carbonyl (C=O) groups excluding carboxylic acids is 5. The first-order valence-electron chi connectivity index (χ1n) is 15.5. The van der Waals surface area contributed by atoms with Crippen LogP contribution in [0.2, 0.25) is 0 Å². The monoisotopic (exact) mass is 673 g/mol. The lowest BCUT2D eigenvalue weighted by Crippen LogP contribution is -2.57. The third-order valence-electron chi connectivity index (χ3n) is 8.01. The number of nitrogens with zero attached hydrogens (tertiary/aromatic N) is 1. The van der Waals surface area contributed by atoms with Crippen molar-refractivity contribution in [3.8, 4) is 0 Å². The Morgan fingerprint density at radius 2 is 1.69 bits per heavy atom. The van der Waals surface area contributed by atoms with Gasteiger partial charge in [0, 0.05) is 24.9 Å². The van der Waals surface area contributed by atoms with Gasteiger partial charge in [-0.25, -0.2) is 4.79 Å². The molecular formula is C33H38F3N5O7. The van der Waals surface area contributed by atoms with Crippen LogP contribution >= 0.6 is 0 Å². The van der Waals surface area contributed by atoms with Gasteiger partial charge in [0.1, 0.15) is 18.1 Å². The maximum Gasteiger partial charge on any atom is 0.452 e. The molecule has 3 aromatic rings. The minimum atomic E-state index is -4.88. The summed E-state index contributed by atoms with van der Waals surface area (Å²) in [5.74, 6) is -5.76. The second kappa shape index (κ2) is 15.8. The molecule has 4 amide bonds. The highest BCUT2D eigenvalue weighted by Gasteiger charge is 2.38. The molecule has 0 bridgehead atoms. The van der Waals surface area contributed by atoms with E-state index in [0.717, 1.165) is 17.9 Å². The van der Waals surface area contributed by atoms with Crippen molar-refractivity contribution >= 4 is 40.4 Å². The van der Waals surface area contributed by atoms with Crippen LogP contribution in [0.1, 0.15) is 61.3 Å². The van der Waals surface area contributed by atoms with Gasteiger partial charge in [-0.15, -0.1) is 0 Å². The third-order valence-corrected chi connectivity index (χ3v) is 8.01. The molecule has 1 aromatic heterocycles. The number of hydrogen-bond acceptors (Lipinski definition) is 8. The number of nitrogens with one attached hydrogen (secondary N) is 4. The number of halogens is 3. The van der Waals surface area contributed by atoms with Crippen molar-refractivity contribution in [3.63, 3.8) is 0 Å². The van der Waals surface area contributed by atoms with Crippen molar-refractivity contribution in [1.82, 2.24) is 26.4 Å². The Labute approximate surface area is 274 Å². The zero-order valence-corrected chi connectivity index (χ0v) is 26.7. The number of ether oxygens (including phenoxy) is 1. The molecule has 12 nitrogen and oxygen atoms in total. The second-order valence-electron chi connectivity index (χ2n) is 12.1. The molecule has 1 aliphatic heterocycles. The van der Waals surface area contributed by atoms with Crippen LogP contribution < -0.4 is 21.3 Å². The number of fused-ring (bicyclic) bond motifs is 1. The molecule has 0 aliphatic carbocycles. The maximum absolute atomic E-state index is 13.9. The number of carbonyl (C=O) groups is 5. The van der Waals surface area contributed by atoms with Crippen molar-refractivity contribution in [2.75, 3.05) is 13.7 Å². The van der Waals surface area contributed by atoms with E-state index in [4.69, 9.17) is 4.74 Å². The predicted octanol–water partition coefficient (Wildman–Crippen LogP) is 3.29. The number of benzene rings is 2. The molecule has 4 N–H and O–H groups in total. The fourth-order valence-electron chi connectivity index (χ4n) is 5.60. The van der Waals surface area contributed by atoms with E-state index in [1.165, 1.54) is 0 Å². The molecule has 4 rings (SSSR count). The Morgan fingerprint density at radius 1 is 1.00 bits per heavy atom. The molecular weight excluding hydrogens is 635 g/mol. The lowest BCUT2D eigenvalue weighted by atomic mass is 9.91. The molecule has 0 saturated carbocycles. The molecule has 48 heavy (non-hydrogen) atoms. The number of hydrogen-bond donors (Lipinski definition) is 4. The average molecular weight is 674 g/mol. The van der Waals surface area contributed by atoms with Gasteiger partial charge in [-0.05, 0) is 47.9 Å². The summed E-state index contributed by atoms with van der Waals surface area (Å²) >= 11 is 0. The smallest absolute Gasteiger partial charge is 0.452 e. The molecule has 15 heteroatoms. The van der Waals surface area contributed by atoms with Crippen molar-refractivity contribution in [2.24, 2.45) is 11.8 Å². The quantitative estimate of drug-likeness (QED) is 0.201. The molecule has 0 unspecified atom stereocenters. The van der Waals surface area contributed by atoms with E-state index in [-0.39, 0.29) is 31.1 Å². The van der Waals surface area contributed by atoms with Crippen LogP contribution in [0.3, 0.4) is 0 Å². The van der Waals surface area contributed by atoms with Crippen LogP contribution in [0.5, 0.6) is 0 Å². The van der Waals surface area contributed by atoms with E-state index in [9.17, 15) is 37.1 Å². The highest BCUT2D eigenvalue weighted by atomic mass is 19.4.